The van der Waals surface area contributed by atoms with Gasteiger partial charge in [0.05, 0.1) is 12.0 Å². The molecule has 0 spiro atoms. The number of rotatable bonds is 4. The lowest BCUT2D eigenvalue weighted by Gasteiger charge is -2.18. The number of hydrogen-bond donors (Lipinski definition) is 3. The van der Waals surface area contributed by atoms with Crippen molar-refractivity contribution in [3.05, 3.63) is 71.6 Å². The summed E-state index contributed by atoms with van der Waals surface area (Å²) in [6.07, 6.45) is -0.719. The molecule has 0 radical (unpaired) electrons. The van der Waals surface area contributed by atoms with Crippen molar-refractivity contribution in [3.8, 4) is 22.5 Å². The van der Waals surface area contributed by atoms with E-state index in [0.29, 0.717) is 38.8 Å². The molecular weight excluding hydrogens is 472 g/mol. The molecule has 35 heavy (non-hydrogen) atoms. The zero-order chi connectivity index (χ0) is 25.4. The highest BCUT2D eigenvalue weighted by atomic mass is 32.2. The molecule has 9 nitrogen and oxygen atoms in total. The largest absolute Gasteiger partial charge is 0.456 e. The fourth-order valence-corrected chi connectivity index (χ4v) is 4.39. The monoisotopic (exact) mass is 496 g/mol. The SMILES string of the molecule is CC(C)(C)OC(=O)NN=c1ccc2c(-c3ccccc3S(=O)(=O)O)c3ccc(CO)cc3oc-2c1. The number of benzene rings is 3. The number of carbonyl (C=O) groups is 1. The number of amides is 1. The molecule has 10 heteroatoms. The minimum absolute atomic E-state index is 0.213. The number of fused-ring (bicyclic) bond motifs is 2. The van der Waals surface area contributed by atoms with E-state index in [0.717, 1.165) is 0 Å². The van der Waals surface area contributed by atoms with Crippen LogP contribution in [0.25, 0.3) is 33.4 Å². The Balaban J connectivity index is 1.96. The van der Waals surface area contributed by atoms with Crippen molar-refractivity contribution >= 4 is 27.2 Å². The van der Waals surface area contributed by atoms with Crippen LogP contribution in [0.5, 0.6) is 0 Å². The first-order valence-corrected chi connectivity index (χ1v) is 12.1. The van der Waals surface area contributed by atoms with E-state index in [9.17, 15) is 22.9 Å². The molecule has 1 amide bonds. The molecule has 4 rings (SSSR count). The average Bonchev–Trinajstić information content (AvgIpc) is 2.79. The van der Waals surface area contributed by atoms with Crippen LogP contribution in [0.3, 0.4) is 0 Å². The third kappa shape index (κ3) is 5.35. The van der Waals surface area contributed by atoms with Gasteiger partial charge >= 0.3 is 6.09 Å². The minimum atomic E-state index is -4.52. The van der Waals surface area contributed by atoms with Crippen LogP contribution in [0, 0.1) is 0 Å². The van der Waals surface area contributed by atoms with Crippen molar-refractivity contribution in [3.63, 3.8) is 0 Å². The molecule has 0 aromatic heterocycles. The lowest BCUT2D eigenvalue weighted by molar-refractivity contribution is 0.0526. The maximum atomic E-state index is 12.1. The van der Waals surface area contributed by atoms with Crippen molar-refractivity contribution < 1.29 is 32.0 Å². The zero-order valence-corrected chi connectivity index (χ0v) is 20.1. The van der Waals surface area contributed by atoms with Gasteiger partial charge < -0.3 is 14.3 Å². The van der Waals surface area contributed by atoms with Gasteiger partial charge in [-0.3, -0.25) is 4.55 Å². The quantitative estimate of drug-likeness (QED) is 0.218. The first-order chi connectivity index (χ1) is 16.5. The topological polar surface area (TPSA) is 138 Å². The smallest absolute Gasteiger partial charge is 0.428 e. The van der Waals surface area contributed by atoms with E-state index >= 15 is 0 Å². The van der Waals surface area contributed by atoms with Crippen LogP contribution in [-0.4, -0.2) is 29.8 Å². The maximum absolute atomic E-state index is 12.1. The van der Waals surface area contributed by atoms with Gasteiger partial charge in [0.2, 0.25) is 0 Å². The summed E-state index contributed by atoms with van der Waals surface area (Å²) < 4.78 is 45.4. The minimum Gasteiger partial charge on any atom is -0.456 e. The lowest BCUT2D eigenvalue weighted by Crippen LogP contribution is -2.30. The van der Waals surface area contributed by atoms with E-state index in [1.165, 1.54) is 12.1 Å². The molecule has 2 aromatic rings. The van der Waals surface area contributed by atoms with Crippen LogP contribution in [0.15, 0.2) is 75.1 Å². The van der Waals surface area contributed by atoms with E-state index in [2.05, 4.69) is 10.5 Å². The third-order valence-corrected chi connectivity index (χ3v) is 5.97. The predicted octanol–water partition coefficient (Wildman–Crippen LogP) is 4.28. The molecule has 0 bridgehead atoms. The molecule has 2 aliphatic rings. The lowest BCUT2D eigenvalue weighted by atomic mass is 9.93. The number of aliphatic hydroxyl groups is 1. The van der Waals surface area contributed by atoms with Crippen LogP contribution < -0.4 is 10.8 Å². The van der Waals surface area contributed by atoms with Gasteiger partial charge in [0.25, 0.3) is 10.1 Å². The van der Waals surface area contributed by atoms with Crippen molar-refractivity contribution in [2.45, 2.75) is 37.9 Å². The highest BCUT2D eigenvalue weighted by Crippen LogP contribution is 2.42. The van der Waals surface area contributed by atoms with E-state index in [1.807, 2.05) is 0 Å². The Labute approximate surface area is 201 Å². The number of hydrogen-bond acceptors (Lipinski definition) is 7. The molecule has 0 saturated heterocycles. The zero-order valence-electron chi connectivity index (χ0n) is 19.3. The second-order valence-electron chi connectivity index (χ2n) is 8.84. The van der Waals surface area contributed by atoms with Gasteiger partial charge in [0.1, 0.15) is 21.8 Å². The Morgan fingerprint density at radius 3 is 2.49 bits per heavy atom. The summed E-state index contributed by atoms with van der Waals surface area (Å²) in [7, 11) is -4.52. The van der Waals surface area contributed by atoms with Crippen molar-refractivity contribution in [2.75, 3.05) is 0 Å². The summed E-state index contributed by atoms with van der Waals surface area (Å²) in [5, 5.41) is 14.6. The standard InChI is InChI=1S/C25H24N2O7S/c1-25(2,3)34-24(29)27-26-16-9-11-18-21(13-16)33-20-12-15(14-28)8-10-17(20)23(18)19-6-4-5-7-22(19)35(30,31)32/h4-13,28H,14H2,1-3H3,(H,27,29)(H,30,31,32). The molecule has 0 saturated carbocycles. The van der Waals surface area contributed by atoms with Crippen LogP contribution in [0.1, 0.15) is 26.3 Å². The number of nitrogens with one attached hydrogen (secondary N) is 1. The molecule has 0 unspecified atom stereocenters. The second kappa shape index (κ2) is 9.14. The number of carbonyl (C=O) groups excluding carboxylic acids is 1. The third-order valence-electron chi connectivity index (χ3n) is 5.06. The van der Waals surface area contributed by atoms with E-state index < -0.39 is 21.8 Å². The molecule has 1 aliphatic carbocycles. The highest BCUT2D eigenvalue weighted by Gasteiger charge is 2.23. The van der Waals surface area contributed by atoms with Crippen LogP contribution in [0.2, 0.25) is 0 Å². The molecule has 1 heterocycles. The van der Waals surface area contributed by atoms with Gasteiger partial charge in [-0.1, -0.05) is 30.3 Å². The molecule has 1 aliphatic heterocycles. The summed E-state index contributed by atoms with van der Waals surface area (Å²) in [4.78, 5) is 11.7. The molecule has 0 fully saturated rings. The van der Waals surface area contributed by atoms with Gasteiger partial charge in [0, 0.05) is 28.1 Å². The van der Waals surface area contributed by atoms with Gasteiger partial charge in [-0.05, 0) is 50.6 Å². The summed E-state index contributed by atoms with van der Waals surface area (Å²) in [6.45, 7) is 4.99. The van der Waals surface area contributed by atoms with Crippen molar-refractivity contribution in [2.24, 2.45) is 5.10 Å². The fraction of sp³-hybridized carbons (Fsp3) is 0.200. The van der Waals surface area contributed by atoms with Crippen molar-refractivity contribution in [1.82, 2.24) is 5.43 Å². The van der Waals surface area contributed by atoms with Crippen LogP contribution >= 0.6 is 0 Å². The van der Waals surface area contributed by atoms with E-state index in [-0.39, 0.29) is 17.1 Å². The predicted molar refractivity (Wildman–Crippen MR) is 129 cm³/mol. The van der Waals surface area contributed by atoms with Crippen LogP contribution in [0.4, 0.5) is 4.79 Å². The Morgan fingerprint density at radius 2 is 1.80 bits per heavy atom. The van der Waals surface area contributed by atoms with E-state index in [1.54, 1.807) is 69.3 Å². The summed E-state index contributed by atoms with van der Waals surface area (Å²) in [6, 6.07) is 16.1. The Hall–Kier alpha value is -3.73. The van der Waals surface area contributed by atoms with Gasteiger partial charge in [-0.25, -0.2) is 10.2 Å². The summed E-state index contributed by atoms with van der Waals surface area (Å²) >= 11 is 0. The molecule has 182 valence electrons. The molecule has 0 atom stereocenters. The van der Waals surface area contributed by atoms with Crippen LogP contribution in [-0.2, 0) is 21.5 Å². The molecule has 3 N–H and O–H groups in total. The highest BCUT2D eigenvalue weighted by molar-refractivity contribution is 7.86. The second-order valence-corrected chi connectivity index (χ2v) is 10.2. The summed E-state index contributed by atoms with van der Waals surface area (Å²) in [5.41, 5.74) is 4.00. The van der Waals surface area contributed by atoms with Gasteiger partial charge in [0.15, 0.2) is 0 Å². The normalized spacial score (nSPS) is 12.8. The first-order valence-electron chi connectivity index (χ1n) is 10.7. The Morgan fingerprint density at radius 1 is 1.06 bits per heavy atom. The number of ether oxygens (including phenoxy) is 1. The Bertz CT molecular complexity index is 1570. The average molecular weight is 497 g/mol. The first kappa shape index (κ1) is 24.4. The molecular formula is C25H24N2O7S. The number of nitrogens with zero attached hydrogens (tertiary/aromatic N) is 1. The van der Waals surface area contributed by atoms with Crippen molar-refractivity contribution in [1.29, 1.82) is 0 Å². The summed E-state index contributed by atoms with van der Waals surface area (Å²) in [5.74, 6) is 0.347. The fourth-order valence-electron chi connectivity index (χ4n) is 3.69. The Kier molecular flexibility index (Phi) is 6.37. The number of aliphatic hydroxyl groups excluding tert-OH is 1. The van der Waals surface area contributed by atoms with Gasteiger partial charge in [-0.2, -0.15) is 13.5 Å². The van der Waals surface area contributed by atoms with E-state index in [4.69, 9.17) is 9.15 Å². The van der Waals surface area contributed by atoms with Gasteiger partial charge in [-0.15, -0.1) is 0 Å². The molecule has 2 aromatic carbocycles. The maximum Gasteiger partial charge on any atom is 0.428 e.